The molecule has 0 spiro atoms. The van der Waals surface area contributed by atoms with E-state index in [1.807, 2.05) is 54.6 Å². The summed E-state index contributed by atoms with van der Waals surface area (Å²) < 4.78 is 5.35. The van der Waals surface area contributed by atoms with Crippen molar-refractivity contribution in [1.82, 2.24) is 10.3 Å². The first-order valence-electron chi connectivity index (χ1n) is 8.09. The van der Waals surface area contributed by atoms with E-state index in [0.29, 0.717) is 5.56 Å². The van der Waals surface area contributed by atoms with Gasteiger partial charge >= 0.3 is 0 Å². The third kappa shape index (κ3) is 4.75. The highest BCUT2D eigenvalue weighted by atomic mass is 16.5. The van der Waals surface area contributed by atoms with Crippen molar-refractivity contribution in [3.63, 3.8) is 0 Å². The van der Waals surface area contributed by atoms with E-state index in [1.54, 1.807) is 6.21 Å². The minimum Gasteiger partial charge on any atom is -0.379 e. The predicted octanol–water partition coefficient (Wildman–Crippen LogP) is 2.28. The zero-order chi connectivity index (χ0) is 16.6. The van der Waals surface area contributed by atoms with Crippen LogP contribution in [0.3, 0.4) is 0 Å². The Morgan fingerprint density at radius 1 is 1.08 bits per heavy atom. The van der Waals surface area contributed by atoms with Crippen LogP contribution >= 0.6 is 0 Å². The number of morpholine rings is 1. The molecule has 124 valence electrons. The van der Waals surface area contributed by atoms with E-state index in [2.05, 4.69) is 15.4 Å². The fourth-order valence-corrected chi connectivity index (χ4v) is 2.55. The number of hydrogen-bond donors (Lipinski definition) is 1. The summed E-state index contributed by atoms with van der Waals surface area (Å²) in [4.78, 5) is 14.4. The van der Waals surface area contributed by atoms with Crippen LogP contribution in [0.25, 0.3) is 0 Å². The van der Waals surface area contributed by atoms with E-state index in [0.717, 1.165) is 38.4 Å². The summed E-state index contributed by atoms with van der Waals surface area (Å²) >= 11 is 0. The highest BCUT2D eigenvalue weighted by Crippen LogP contribution is 2.09. The Morgan fingerprint density at radius 3 is 2.50 bits per heavy atom. The van der Waals surface area contributed by atoms with Gasteiger partial charge in [-0.1, -0.05) is 42.5 Å². The second kappa shape index (κ2) is 8.38. The van der Waals surface area contributed by atoms with Gasteiger partial charge in [-0.05, 0) is 23.3 Å². The molecule has 0 aliphatic carbocycles. The summed E-state index contributed by atoms with van der Waals surface area (Å²) in [5.74, 6) is -0.208. The lowest BCUT2D eigenvalue weighted by atomic mass is 10.1. The van der Waals surface area contributed by atoms with E-state index in [9.17, 15) is 4.79 Å². The number of benzene rings is 2. The standard InChI is InChI=1S/C19H21N3O2/c23-19(21-20-14-16-4-2-1-3-5-16)18-8-6-17(7-9-18)15-22-10-12-24-13-11-22/h1-9,14H,10-13,15H2,(H,21,23)/b20-14+. The molecular formula is C19H21N3O2. The van der Waals surface area contributed by atoms with E-state index in [-0.39, 0.29) is 5.91 Å². The smallest absolute Gasteiger partial charge is 0.271 e. The van der Waals surface area contributed by atoms with Crippen molar-refractivity contribution in [3.05, 3.63) is 71.3 Å². The fourth-order valence-electron chi connectivity index (χ4n) is 2.55. The average molecular weight is 323 g/mol. The van der Waals surface area contributed by atoms with Crippen LogP contribution in [-0.4, -0.2) is 43.3 Å². The third-order valence-electron chi connectivity index (χ3n) is 3.91. The Balaban J connectivity index is 1.52. The predicted molar refractivity (Wildman–Crippen MR) is 94.0 cm³/mol. The van der Waals surface area contributed by atoms with Crippen molar-refractivity contribution in [2.45, 2.75) is 6.54 Å². The van der Waals surface area contributed by atoms with Gasteiger partial charge in [0.05, 0.1) is 19.4 Å². The Bertz CT molecular complexity index is 678. The molecule has 1 aliphatic rings. The Kier molecular flexibility index (Phi) is 5.71. The van der Waals surface area contributed by atoms with Crippen molar-refractivity contribution in [1.29, 1.82) is 0 Å². The van der Waals surface area contributed by atoms with Crippen LogP contribution in [0.1, 0.15) is 21.5 Å². The highest BCUT2D eigenvalue weighted by molar-refractivity contribution is 5.94. The topological polar surface area (TPSA) is 53.9 Å². The largest absolute Gasteiger partial charge is 0.379 e. The minimum absolute atomic E-state index is 0.208. The van der Waals surface area contributed by atoms with Crippen LogP contribution in [0.4, 0.5) is 0 Å². The molecule has 0 saturated carbocycles. The summed E-state index contributed by atoms with van der Waals surface area (Å²) in [6.07, 6.45) is 1.63. The van der Waals surface area contributed by atoms with Gasteiger partial charge in [-0.15, -0.1) is 0 Å². The summed E-state index contributed by atoms with van der Waals surface area (Å²) in [5, 5.41) is 3.99. The number of amides is 1. The van der Waals surface area contributed by atoms with E-state index in [4.69, 9.17) is 4.74 Å². The minimum atomic E-state index is -0.208. The number of ether oxygens (including phenoxy) is 1. The number of hydrogen-bond acceptors (Lipinski definition) is 4. The molecule has 0 unspecified atom stereocenters. The van der Waals surface area contributed by atoms with Crippen LogP contribution in [0, 0.1) is 0 Å². The lowest BCUT2D eigenvalue weighted by molar-refractivity contribution is 0.0342. The van der Waals surface area contributed by atoms with Crippen molar-refractivity contribution < 1.29 is 9.53 Å². The van der Waals surface area contributed by atoms with Crippen LogP contribution in [0.15, 0.2) is 59.7 Å². The second-order valence-corrected chi connectivity index (χ2v) is 5.70. The first-order chi connectivity index (χ1) is 11.8. The molecule has 5 heteroatoms. The maximum atomic E-state index is 12.1. The van der Waals surface area contributed by atoms with Crippen molar-refractivity contribution in [2.75, 3.05) is 26.3 Å². The molecule has 1 amide bonds. The molecule has 1 aliphatic heterocycles. The lowest BCUT2D eigenvalue weighted by Gasteiger charge is -2.26. The van der Waals surface area contributed by atoms with Gasteiger partial charge in [-0.3, -0.25) is 9.69 Å². The SMILES string of the molecule is O=C(N/N=C/c1ccccc1)c1ccc(CN2CCOCC2)cc1. The molecule has 0 atom stereocenters. The molecule has 0 radical (unpaired) electrons. The maximum Gasteiger partial charge on any atom is 0.271 e. The molecule has 1 N–H and O–H groups in total. The number of nitrogens with zero attached hydrogens (tertiary/aromatic N) is 2. The number of carbonyl (C=O) groups excluding carboxylic acids is 1. The molecule has 1 fully saturated rings. The Hall–Kier alpha value is -2.50. The van der Waals surface area contributed by atoms with Gasteiger partial charge in [0.1, 0.15) is 0 Å². The number of nitrogens with one attached hydrogen (secondary N) is 1. The first kappa shape index (κ1) is 16.4. The molecule has 3 rings (SSSR count). The zero-order valence-electron chi connectivity index (χ0n) is 13.5. The van der Waals surface area contributed by atoms with E-state index in [1.165, 1.54) is 5.56 Å². The first-order valence-corrected chi connectivity index (χ1v) is 8.09. The van der Waals surface area contributed by atoms with Crippen molar-refractivity contribution in [3.8, 4) is 0 Å². The quantitative estimate of drug-likeness (QED) is 0.678. The van der Waals surface area contributed by atoms with Gasteiger partial charge in [-0.2, -0.15) is 5.10 Å². The van der Waals surface area contributed by atoms with Gasteiger partial charge in [-0.25, -0.2) is 5.43 Å². The van der Waals surface area contributed by atoms with Gasteiger partial charge in [0, 0.05) is 25.2 Å². The molecule has 24 heavy (non-hydrogen) atoms. The average Bonchev–Trinajstić information content (AvgIpc) is 2.64. The monoisotopic (exact) mass is 323 g/mol. The number of carbonyl (C=O) groups is 1. The van der Waals surface area contributed by atoms with Crippen LogP contribution < -0.4 is 5.43 Å². The van der Waals surface area contributed by atoms with Gasteiger partial charge in [0.2, 0.25) is 0 Å². The Morgan fingerprint density at radius 2 is 1.79 bits per heavy atom. The van der Waals surface area contributed by atoms with Crippen LogP contribution in [-0.2, 0) is 11.3 Å². The summed E-state index contributed by atoms with van der Waals surface area (Å²) in [5.41, 5.74) is 5.29. The molecular weight excluding hydrogens is 302 g/mol. The second-order valence-electron chi connectivity index (χ2n) is 5.70. The molecule has 2 aromatic carbocycles. The molecule has 5 nitrogen and oxygen atoms in total. The molecule has 1 heterocycles. The zero-order valence-corrected chi connectivity index (χ0v) is 13.5. The summed E-state index contributed by atoms with van der Waals surface area (Å²) in [6.45, 7) is 4.38. The van der Waals surface area contributed by atoms with Gasteiger partial charge < -0.3 is 4.74 Å². The van der Waals surface area contributed by atoms with Crippen molar-refractivity contribution in [2.24, 2.45) is 5.10 Å². The van der Waals surface area contributed by atoms with E-state index < -0.39 is 0 Å². The number of hydrazone groups is 1. The lowest BCUT2D eigenvalue weighted by Crippen LogP contribution is -2.35. The number of rotatable bonds is 5. The third-order valence-corrected chi connectivity index (χ3v) is 3.91. The fraction of sp³-hybridized carbons (Fsp3) is 0.263. The Labute approximate surface area is 141 Å². The van der Waals surface area contributed by atoms with Gasteiger partial charge in [0.15, 0.2) is 0 Å². The van der Waals surface area contributed by atoms with E-state index >= 15 is 0 Å². The maximum absolute atomic E-state index is 12.1. The van der Waals surface area contributed by atoms with Gasteiger partial charge in [0.25, 0.3) is 5.91 Å². The van der Waals surface area contributed by atoms with Crippen LogP contribution in [0.5, 0.6) is 0 Å². The molecule has 0 bridgehead atoms. The highest BCUT2D eigenvalue weighted by Gasteiger charge is 2.11. The summed E-state index contributed by atoms with van der Waals surface area (Å²) in [6, 6.07) is 17.3. The molecule has 2 aromatic rings. The normalized spacial score (nSPS) is 15.5. The van der Waals surface area contributed by atoms with Crippen LogP contribution in [0.2, 0.25) is 0 Å². The van der Waals surface area contributed by atoms with Crippen molar-refractivity contribution >= 4 is 12.1 Å². The molecule has 1 saturated heterocycles. The summed E-state index contributed by atoms with van der Waals surface area (Å²) in [7, 11) is 0. The molecule has 0 aromatic heterocycles.